The molecule has 1 rings (SSSR count). The van der Waals surface area contributed by atoms with Crippen LogP contribution in [-0.4, -0.2) is 53.8 Å². The summed E-state index contributed by atoms with van der Waals surface area (Å²) in [6.45, 7) is 17.9. The van der Waals surface area contributed by atoms with Crippen molar-refractivity contribution in [2.24, 2.45) is 0 Å². The van der Waals surface area contributed by atoms with Crippen LogP contribution in [0.15, 0.2) is 62.8 Å². The molecule has 1 aliphatic carbocycles. The molecule has 0 saturated heterocycles. The van der Waals surface area contributed by atoms with E-state index in [9.17, 15) is 4.79 Å². The summed E-state index contributed by atoms with van der Waals surface area (Å²) in [4.78, 5) is 16.5. The van der Waals surface area contributed by atoms with Crippen LogP contribution in [0.1, 0.15) is 0 Å². The first-order valence-corrected chi connectivity index (χ1v) is 6.83. The fourth-order valence-electron chi connectivity index (χ4n) is 2.57. The van der Waals surface area contributed by atoms with E-state index in [1.54, 1.807) is 6.08 Å². The largest absolute Gasteiger partial charge is 0.293 e. The Morgan fingerprint density at radius 2 is 1.35 bits per heavy atom. The van der Waals surface area contributed by atoms with Gasteiger partial charge in [-0.05, 0) is 6.08 Å². The molecule has 20 heavy (non-hydrogen) atoms. The Morgan fingerprint density at radius 1 is 0.900 bits per heavy atom. The molecule has 0 saturated carbocycles. The lowest BCUT2D eigenvalue weighted by Gasteiger charge is -2.36. The van der Waals surface area contributed by atoms with E-state index in [0.29, 0.717) is 13.1 Å². The second-order valence-corrected chi connectivity index (χ2v) is 4.76. The number of ketones is 1. The minimum atomic E-state index is -0.189. The molecule has 0 unspecified atom stereocenters. The van der Waals surface area contributed by atoms with Crippen LogP contribution < -0.4 is 0 Å². The van der Waals surface area contributed by atoms with Crippen molar-refractivity contribution >= 4 is 5.78 Å². The second kappa shape index (κ2) is 8.46. The van der Waals surface area contributed by atoms with Crippen LogP contribution in [0, 0.1) is 0 Å². The van der Waals surface area contributed by atoms with Crippen molar-refractivity contribution in [3.8, 4) is 0 Å². The first-order valence-electron chi connectivity index (χ1n) is 6.83. The van der Waals surface area contributed by atoms with Crippen LogP contribution in [0.3, 0.4) is 0 Å². The molecule has 0 aliphatic heterocycles. The van der Waals surface area contributed by atoms with Crippen molar-refractivity contribution in [2.75, 3.05) is 26.2 Å². The maximum Gasteiger partial charge on any atom is 0.174 e. The predicted molar refractivity (Wildman–Crippen MR) is 85.7 cm³/mol. The van der Waals surface area contributed by atoms with Gasteiger partial charge in [0.25, 0.3) is 0 Å². The van der Waals surface area contributed by atoms with Crippen LogP contribution in [0.4, 0.5) is 0 Å². The quantitative estimate of drug-likeness (QED) is 0.570. The predicted octanol–water partition coefficient (Wildman–Crippen LogP) is 2.21. The highest BCUT2D eigenvalue weighted by Gasteiger charge is 2.36. The normalized spacial score (nSPS) is 21.4. The standard InChI is InChI=1S/C17H24N2O/c1-5-11-18(12-6-2)15-9-10-16(20)17(15)19(13-7-3)14-8-4/h5-10,15,17H,1-4,11-14H2/t15-,17+/m0/s1. The van der Waals surface area contributed by atoms with Gasteiger partial charge < -0.3 is 0 Å². The number of rotatable bonds is 10. The van der Waals surface area contributed by atoms with Gasteiger partial charge in [-0.2, -0.15) is 0 Å². The molecule has 0 bridgehead atoms. The van der Waals surface area contributed by atoms with Gasteiger partial charge in [-0.3, -0.25) is 14.6 Å². The summed E-state index contributed by atoms with van der Waals surface area (Å²) in [5.41, 5.74) is 0. The molecule has 2 atom stereocenters. The lowest BCUT2D eigenvalue weighted by molar-refractivity contribution is -0.119. The lowest BCUT2D eigenvalue weighted by Crippen LogP contribution is -2.52. The molecule has 0 heterocycles. The number of hydrogen-bond donors (Lipinski definition) is 0. The average molecular weight is 272 g/mol. The molecule has 0 fully saturated rings. The monoisotopic (exact) mass is 272 g/mol. The first-order chi connectivity index (χ1) is 9.69. The van der Waals surface area contributed by atoms with E-state index in [-0.39, 0.29) is 17.9 Å². The number of carbonyl (C=O) groups excluding carboxylic acids is 1. The third-order valence-corrected chi connectivity index (χ3v) is 3.34. The fraction of sp³-hybridized carbons (Fsp3) is 0.353. The van der Waals surface area contributed by atoms with Crippen LogP contribution in [0.2, 0.25) is 0 Å². The molecule has 0 radical (unpaired) electrons. The van der Waals surface area contributed by atoms with Crippen LogP contribution in [0.25, 0.3) is 0 Å². The molecule has 0 spiro atoms. The molecule has 0 aromatic carbocycles. The smallest absolute Gasteiger partial charge is 0.174 e. The third-order valence-electron chi connectivity index (χ3n) is 3.34. The van der Waals surface area contributed by atoms with E-state index in [4.69, 9.17) is 0 Å². The minimum absolute atomic E-state index is 0.0402. The molecule has 1 aliphatic rings. The topological polar surface area (TPSA) is 23.6 Å². The van der Waals surface area contributed by atoms with Gasteiger partial charge in [0.05, 0.1) is 12.1 Å². The molecule has 3 nitrogen and oxygen atoms in total. The number of nitrogens with zero attached hydrogens (tertiary/aromatic N) is 2. The summed E-state index contributed by atoms with van der Waals surface area (Å²) in [5, 5.41) is 0. The van der Waals surface area contributed by atoms with E-state index < -0.39 is 0 Å². The summed E-state index contributed by atoms with van der Waals surface area (Å²) in [6.07, 6.45) is 11.0. The highest BCUT2D eigenvalue weighted by atomic mass is 16.1. The SMILES string of the molecule is C=CCN(CC=C)[C@H]1C=CC(=O)[C@@H]1N(CC=C)CC=C. The average Bonchev–Trinajstić information content (AvgIpc) is 2.80. The van der Waals surface area contributed by atoms with Gasteiger partial charge in [-0.15, -0.1) is 26.3 Å². The van der Waals surface area contributed by atoms with Gasteiger partial charge in [-0.25, -0.2) is 0 Å². The molecule has 0 N–H and O–H groups in total. The Balaban J connectivity index is 2.96. The summed E-state index contributed by atoms with van der Waals surface area (Å²) in [5.74, 6) is 0.136. The molecule has 0 aromatic rings. The molecule has 0 aromatic heterocycles. The van der Waals surface area contributed by atoms with Crippen molar-refractivity contribution in [3.05, 3.63) is 62.8 Å². The zero-order valence-electron chi connectivity index (χ0n) is 12.1. The van der Waals surface area contributed by atoms with Gasteiger partial charge in [0.2, 0.25) is 0 Å². The van der Waals surface area contributed by atoms with Crippen molar-refractivity contribution in [1.82, 2.24) is 9.80 Å². The van der Waals surface area contributed by atoms with E-state index in [2.05, 4.69) is 36.1 Å². The molecular weight excluding hydrogens is 248 g/mol. The van der Waals surface area contributed by atoms with Crippen molar-refractivity contribution in [3.63, 3.8) is 0 Å². The second-order valence-electron chi connectivity index (χ2n) is 4.76. The Bertz CT molecular complexity index is 391. The Morgan fingerprint density at radius 3 is 1.80 bits per heavy atom. The summed E-state index contributed by atoms with van der Waals surface area (Å²) >= 11 is 0. The Kier molecular flexibility index (Phi) is 6.91. The summed E-state index contributed by atoms with van der Waals surface area (Å²) in [7, 11) is 0. The zero-order valence-corrected chi connectivity index (χ0v) is 12.1. The summed E-state index contributed by atoms with van der Waals surface area (Å²) < 4.78 is 0. The van der Waals surface area contributed by atoms with Crippen molar-refractivity contribution < 1.29 is 4.79 Å². The van der Waals surface area contributed by atoms with Crippen LogP contribution >= 0.6 is 0 Å². The van der Waals surface area contributed by atoms with Crippen LogP contribution in [-0.2, 0) is 4.79 Å². The van der Waals surface area contributed by atoms with E-state index in [1.807, 2.05) is 30.4 Å². The number of hydrogen-bond acceptors (Lipinski definition) is 3. The number of carbonyl (C=O) groups is 1. The van der Waals surface area contributed by atoms with Gasteiger partial charge >= 0.3 is 0 Å². The van der Waals surface area contributed by atoms with Gasteiger partial charge in [0.1, 0.15) is 0 Å². The van der Waals surface area contributed by atoms with E-state index in [0.717, 1.165) is 13.1 Å². The molecule has 0 amide bonds. The van der Waals surface area contributed by atoms with Crippen molar-refractivity contribution in [2.45, 2.75) is 12.1 Å². The Hall–Kier alpha value is -1.71. The van der Waals surface area contributed by atoms with Crippen molar-refractivity contribution in [1.29, 1.82) is 0 Å². The molecule has 3 heteroatoms. The van der Waals surface area contributed by atoms with Gasteiger partial charge in [0, 0.05) is 26.2 Å². The highest BCUT2D eigenvalue weighted by Crippen LogP contribution is 2.20. The lowest BCUT2D eigenvalue weighted by atomic mass is 10.1. The maximum absolute atomic E-state index is 12.2. The zero-order chi connectivity index (χ0) is 15.0. The minimum Gasteiger partial charge on any atom is -0.293 e. The summed E-state index contributed by atoms with van der Waals surface area (Å²) in [6, 6.07) is -0.149. The fourth-order valence-corrected chi connectivity index (χ4v) is 2.57. The van der Waals surface area contributed by atoms with Crippen LogP contribution in [0.5, 0.6) is 0 Å². The molecular formula is C17H24N2O. The third kappa shape index (κ3) is 3.89. The maximum atomic E-state index is 12.2. The molecule has 108 valence electrons. The first kappa shape index (κ1) is 16.3. The highest BCUT2D eigenvalue weighted by molar-refractivity contribution is 5.98. The van der Waals surface area contributed by atoms with Gasteiger partial charge in [0.15, 0.2) is 5.78 Å². The van der Waals surface area contributed by atoms with Gasteiger partial charge in [-0.1, -0.05) is 30.4 Å². The van der Waals surface area contributed by atoms with E-state index >= 15 is 0 Å². The Labute approximate surface area is 122 Å². The van der Waals surface area contributed by atoms with E-state index in [1.165, 1.54) is 0 Å².